The molecule has 2 amide bonds. The van der Waals surface area contributed by atoms with Crippen LogP contribution in [0.5, 0.6) is 0 Å². The van der Waals surface area contributed by atoms with Gasteiger partial charge in [-0.3, -0.25) is 9.59 Å². The lowest BCUT2D eigenvalue weighted by molar-refractivity contribution is -0.137. The molecule has 0 spiro atoms. The van der Waals surface area contributed by atoms with Crippen molar-refractivity contribution < 1.29 is 22.8 Å². The summed E-state index contributed by atoms with van der Waals surface area (Å²) >= 11 is 0. The highest BCUT2D eigenvalue weighted by Gasteiger charge is 2.29. The largest absolute Gasteiger partial charge is 0.416 e. The average molecular weight is 317 g/mol. The first-order chi connectivity index (χ1) is 10.2. The summed E-state index contributed by atoms with van der Waals surface area (Å²) in [6.45, 7) is 1.34. The summed E-state index contributed by atoms with van der Waals surface area (Å²) in [6, 6.07) is 4.49. The van der Waals surface area contributed by atoms with Crippen LogP contribution in [0.2, 0.25) is 0 Å². The second-order valence-corrected chi connectivity index (χ2v) is 4.85. The minimum Gasteiger partial charge on any atom is -0.352 e. The van der Waals surface area contributed by atoms with E-state index in [1.165, 1.54) is 12.1 Å². The topological polar surface area (TPSA) is 84.2 Å². The van der Waals surface area contributed by atoms with E-state index >= 15 is 0 Å². The highest BCUT2D eigenvalue weighted by Crippen LogP contribution is 2.29. The van der Waals surface area contributed by atoms with Gasteiger partial charge in [0.15, 0.2) is 0 Å². The third kappa shape index (κ3) is 6.13. The van der Waals surface area contributed by atoms with Gasteiger partial charge in [-0.1, -0.05) is 12.1 Å². The van der Waals surface area contributed by atoms with Crippen molar-refractivity contribution in [2.24, 2.45) is 5.73 Å². The number of rotatable bonds is 6. The summed E-state index contributed by atoms with van der Waals surface area (Å²) in [5.41, 5.74) is 5.04. The minimum atomic E-state index is -4.36. The summed E-state index contributed by atoms with van der Waals surface area (Å²) in [6.07, 6.45) is -3.98. The fourth-order valence-corrected chi connectivity index (χ4v) is 1.81. The van der Waals surface area contributed by atoms with Crippen LogP contribution in [0.1, 0.15) is 18.1 Å². The molecule has 0 bridgehead atoms. The molecule has 4 N–H and O–H groups in total. The van der Waals surface area contributed by atoms with Gasteiger partial charge in [-0.15, -0.1) is 0 Å². The van der Waals surface area contributed by atoms with Crippen LogP contribution in [-0.4, -0.2) is 30.9 Å². The minimum absolute atomic E-state index is 0.187. The van der Waals surface area contributed by atoms with Gasteiger partial charge in [0.1, 0.15) is 0 Å². The SMILES string of the molecule is CC(Cc1ccc(C(F)(F)F)cc1)NC(=O)CNC(=O)CN. The number of carbonyl (C=O) groups excluding carboxylic acids is 2. The summed E-state index contributed by atoms with van der Waals surface area (Å²) in [5, 5.41) is 4.96. The van der Waals surface area contributed by atoms with Crippen LogP contribution in [0, 0.1) is 0 Å². The van der Waals surface area contributed by atoms with E-state index in [2.05, 4.69) is 10.6 Å². The first-order valence-electron chi connectivity index (χ1n) is 6.64. The Kier molecular flexibility index (Phi) is 6.36. The Morgan fingerprint density at radius 1 is 1.18 bits per heavy atom. The van der Waals surface area contributed by atoms with Crippen LogP contribution in [0.25, 0.3) is 0 Å². The molecule has 0 saturated carbocycles. The van der Waals surface area contributed by atoms with Gasteiger partial charge < -0.3 is 16.4 Å². The van der Waals surface area contributed by atoms with Crippen LogP contribution >= 0.6 is 0 Å². The Bertz CT molecular complexity index is 515. The van der Waals surface area contributed by atoms with E-state index in [0.717, 1.165) is 12.1 Å². The van der Waals surface area contributed by atoms with Crippen molar-refractivity contribution >= 4 is 11.8 Å². The predicted octanol–water partition coefficient (Wildman–Crippen LogP) is 0.827. The maximum Gasteiger partial charge on any atom is 0.416 e. The number of hydrogen-bond donors (Lipinski definition) is 3. The number of benzene rings is 1. The predicted molar refractivity (Wildman–Crippen MR) is 74.8 cm³/mol. The molecule has 1 aromatic carbocycles. The second-order valence-electron chi connectivity index (χ2n) is 4.85. The zero-order chi connectivity index (χ0) is 16.8. The maximum atomic E-state index is 12.4. The zero-order valence-electron chi connectivity index (χ0n) is 12.0. The molecule has 0 radical (unpaired) electrons. The van der Waals surface area contributed by atoms with E-state index in [1.54, 1.807) is 6.92 Å². The fourth-order valence-electron chi connectivity index (χ4n) is 1.81. The maximum absolute atomic E-state index is 12.4. The van der Waals surface area contributed by atoms with E-state index in [4.69, 9.17) is 5.73 Å². The number of hydrogen-bond acceptors (Lipinski definition) is 3. The van der Waals surface area contributed by atoms with Crippen LogP contribution < -0.4 is 16.4 Å². The number of nitrogens with two attached hydrogens (primary N) is 1. The number of amides is 2. The van der Waals surface area contributed by atoms with Gasteiger partial charge >= 0.3 is 6.18 Å². The van der Waals surface area contributed by atoms with E-state index in [0.29, 0.717) is 12.0 Å². The highest BCUT2D eigenvalue weighted by molar-refractivity contribution is 5.85. The Hall–Kier alpha value is -2.09. The lowest BCUT2D eigenvalue weighted by atomic mass is 10.0. The van der Waals surface area contributed by atoms with Gasteiger partial charge in [-0.05, 0) is 31.0 Å². The van der Waals surface area contributed by atoms with Gasteiger partial charge in [0.2, 0.25) is 11.8 Å². The number of nitrogens with one attached hydrogen (secondary N) is 2. The van der Waals surface area contributed by atoms with E-state index < -0.39 is 17.6 Å². The third-order valence-electron chi connectivity index (χ3n) is 2.86. The monoisotopic (exact) mass is 317 g/mol. The quantitative estimate of drug-likeness (QED) is 0.726. The van der Waals surface area contributed by atoms with Crippen LogP contribution in [0.4, 0.5) is 13.2 Å². The molecule has 0 aliphatic carbocycles. The number of carbonyl (C=O) groups is 2. The van der Waals surface area contributed by atoms with Crippen molar-refractivity contribution in [3.63, 3.8) is 0 Å². The van der Waals surface area contributed by atoms with Gasteiger partial charge in [0, 0.05) is 6.04 Å². The molecule has 0 aromatic heterocycles. The van der Waals surface area contributed by atoms with E-state index in [9.17, 15) is 22.8 Å². The van der Waals surface area contributed by atoms with E-state index in [-0.39, 0.29) is 25.0 Å². The van der Waals surface area contributed by atoms with Crippen molar-refractivity contribution in [1.29, 1.82) is 0 Å². The summed E-state index contributed by atoms with van der Waals surface area (Å²) < 4.78 is 37.3. The first-order valence-corrected chi connectivity index (χ1v) is 6.64. The molecule has 0 heterocycles. The average Bonchev–Trinajstić information content (AvgIpc) is 2.44. The molecule has 0 fully saturated rings. The molecule has 0 saturated heterocycles. The molecule has 0 aliphatic heterocycles. The molecule has 22 heavy (non-hydrogen) atoms. The standard InChI is InChI=1S/C14H18F3N3O2/c1-9(20-13(22)8-19-12(21)7-18)6-10-2-4-11(5-3-10)14(15,16)17/h2-5,9H,6-8,18H2,1H3,(H,19,21)(H,20,22). The lowest BCUT2D eigenvalue weighted by Gasteiger charge is -2.15. The fraction of sp³-hybridized carbons (Fsp3) is 0.429. The molecule has 1 unspecified atom stereocenters. The molecule has 0 aliphatic rings. The van der Waals surface area contributed by atoms with Crippen molar-refractivity contribution in [2.45, 2.75) is 25.6 Å². The number of alkyl halides is 3. The van der Waals surface area contributed by atoms with Crippen molar-refractivity contribution in [2.75, 3.05) is 13.1 Å². The van der Waals surface area contributed by atoms with Crippen LogP contribution in [0.15, 0.2) is 24.3 Å². The molecular formula is C14H18F3N3O2. The Morgan fingerprint density at radius 3 is 2.27 bits per heavy atom. The molecule has 1 atom stereocenters. The lowest BCUT2D eigenvalue weighted by Crippen LogP contribution is -2.43. The third-order valence-corrected chi connectivity index (χ3v) is 2.86. The number of halogens is 3. The second kappa shape index (κ2) is 7.79. The normalized spacial score (nSPS) is 12.6. The Labute approximate surface area is 126 Å². The summed E-state index contributed by atoms with van der Waals surface area (Å²) in [4.78, 5) is 22.4. The smallest absolute Gasteiger partial charge is 0.352 e. The van der Waals surface area contributed by atoms with Crippen LogP contribution in [0.3, 0.4) is 0 Å². The molecule has 5 nitrogen and oxygen atoms in total. The molecule has 122 valence electrons. The summed E-state index contributed by atoms with van der Waals surface area (Å²) in [5.74, 6) is -0.827. The molecule has 1 aromatic rings. The molecule has 8 heteroatoms. The van der Waals surface area contributed by atoms with Crippen molar-refractivity contribution in [3.05, 3.63) is 35.4 Å². The Balaban J connectivity index is 2.46. The highest BCUT2D eigenvalue weighted by atomic mass is 19.4. The summed E-state index contributed by atoms with van der Waals surface area (Å²) in [7, 11) is 0. The van der Waals surface area contributed by atoms with Gasteiger partial charge in [-0.25, -0.2) is 0 Å². The van der Waals surface area contributed by atoms with Gasteiger partial charge in [0.05, 0.1) is 18.7 Å². The van der Waals surface area contributed by atoms with Crippen molar-refractivity contribution in [1.82, 2.24) is 10.6 Å². The first kappa shape index (κ1) is 18.0. The van der Waals surface area contributed by atoms with E-state index in [1.807, 2.05) is 0 Å². The van der Waals surface area contributed by atoms with Gasteiger partial charge in [-0.2, -0.15) is 13.2 Å². The van der Waals surface area contributed by atoms with Gasteiger partial charge in [0.25, 0.3) is 0 Å². The molecular weight excluding hydrogens is 299 g/mol. The molecule has 1 rings (SSSR count). The Morgan fingerprint density at radius 2 is 1.77 bits per heavy atom. The van der Waals surface area contributed by atoms with Crippen molar-refractivity contribution in [3.8, 4) is 0 Å². The van der Waals surface area contributed by atoms with Crippen LogP contribution in [-0.2, 0) is 22.2 Å². The zero-order valence-corrected chi connectivity index (χ0v) is 12.0.